The third-order valence-electron chi connectivity index (χ3n) is 4.06. The van der Waals surface area contributed by atoms with Gasteiger partial charge >= 0.3 is 0 Å². The van der Waals surface area contributed by atoms with E-state index in [1.54, 1.807) is 36.4 Å². The summed E-state index contributed by atoms with van der Waals surface area (Å²) in [6.45, 7) is 1.10. The Balaban J connectivity index is 1.59. The molecule has 1 aromatic heterocycles. The summed E-state index contributed by atoms with van der Waals surface area (Å²) in [5.74, 6) is -0.114. The van der Waals surface area contributed by atoms with Crippen molar-refractivity contribution < 1.29 is 4.79 Å². The number of nitrogens with zero attached hydrogens (tertiary/aromatic N) is 3. The molecule has 3 rings (SSSR count). The Morgan fingerprint density at radius 1 is 1.19 bits per heavy atom. The van der Waals surface area contributed by atoms with E-state index in [0.29, 0.717) is 23.1 Å². The lowest BCUT2D eigenvalue weighted by Crippen LogP contribution is -2.24. The summed E-state index contributed by atoms with van der Waals surface area (Å²) < 4.78 is 1.84. The Hall–Kier alpha value is -2.56. The van der Waals surface area contributed by atoms with E-state index < -0.39 is 0 Å². The Bertz CT molecular complexity index is 951. The van der Waals surface area contributed by atoms with Gasteiger partial charge in [0.25, 0.3) is 0 Å². The smallest absolute Gasteiger partial charge is 0.246 e. The minimum absolute atomic E-state index is 0.114. The van der Waals surface area contributed by atoms with E-state index in [2.05, 4.69) is 17.2 Å². The molecule has 4 nitrogen and oxygen atoms in total. The molecule has 0 fully saturated rings. The Morgan fingerprint density at radius 2 is 1.96 bits per heavy atom. The van der Waals surface area contributed by atoms with Gasteiger partial charge in [-0.2, -0.15) is 5.10 Å². The van der Waals surface area contributed by atoms with Crippen molar-refractivity contribution in [3.05, 3.63) is 93.7 Å². The Morgan fingerprint density at radius 3 is 2.70 bits per heavy atom. The van der Waals surface area contributed by atoms with Crippen LogP contribution in [0.25, 0.3) is 6.08 Å². The summed E-state index contributed by atoms with van der Waals surface area (Å²) in [6, 6.07) is 15.4. The van der Waals surface area contributed by atoms with Gasteiger partial charge in [0.05, 0.1) is 12.7 Å². The minimum atomic E-state index is -0.114. The molecular formula is C21H19Cl2N3O. The zero-order valence-electron chi connectivity index (χ0n) is 14.8. The van der Waals surface area contributed by atoms with Crippen molar-refractivity contribution in [2.24, 2.45) is 0 Å². The molecule has 0 N–H and O–H groups in total. The van der Waals surface area contributed by atoms with Crippen LogP contribution in [0.15, 0.2) is 67.0 Å². The number of carbonyl (C=O) groups excluding carboxylic acids is 1. The average Bonchev–Trinajstić information content (AvgIpc) is 3.10. The standard InChI is InChI=1S/C21H19Cl2N3O/c1-25(15-18-8-9-19(22)11-20(18)23)21(27)10-7-17-12-24-26(14-17)13-16-5-3-2-4-6-16/h2-12,14H,13,15H2,1H3/b10-7+. The molecule has 1 heterocycles. The molecule has 0 aliphatic rings. The molecule has 0 aliphatic carbocycles. The van der Waals surface area contributed by atoms with Gasteiger partial charge in [-0.1, -0.05) is 59.6 Å². The molecule has 0 spiro atoms. The van der Waals surface area contributed by atoms with E-state index in [1.807, 2.05) is 35.1 Å². The second-order valence-electron chi connectivity index (χ2n) is 6.22. The van der Waals surface area contributed by atoms with Gasteiger partial charge in [0.2, 0.25) is 5.91 Å². The first-order chi connectivity index (χ1) is 13.0. The zero-order valence-corrected chi connectivity index (χ0v) is 16.4. The quantitative estimate of drug-likeness (QED) is 0.552. The third-order valence-corrected chi connectivity index (χ3v) is 4.64. The van der Waals surface area contributed by atoms with Gasteiger partial charge in [0.1, 0.15) is 0 Å². The largest absolute Gasteiger partial charge is 0.338 e. The lowest BCUT2D eigenvalue weighted by atomic mass is 10.2. The molecule has 0 unspecified atom stereocenters. The highest BCUT2D eigenvalue weighted by molar-refractivity contribution is 6.35. The van der Waals surface area contributed by atoms with Crippen LogP contribution in [0.5, 0.6) is 0 Å². The van der Waals surface area contributed by atoms with E-state index in [-0.39, 0.29) is 5.91 Å². The van der Waals surface area contributed by atoms with Gasteiger partial charge in [-0.25, -0.2) is 0 Å². The third kappa shape index (κ3) is 5.46. The van der Waals surface area contributed by atoms with Crippen LogP contribution in [0.2, 0.25) is 10.0 Å². The molecule has 2 aromatic carbocycles. The number of likely N-dealkylation sites (N-methyl/N-ethyl adjacent to an activating group) is 1. The lowest BCUT2D eigenvalue weighted by Gasteiger charge is -2.16. The number of halogens is 2. The van der Waals surface area contributed by atoms with Gasteiger partial charge < -0.3 is 4.90 Å². The van der Waals surface area contributed by atoms with E-state index >= 15 is 0 Å². The first-order valence-corrected chi connectivity index (χ1v) is 9.20. The van der Waals surface area contributed by atoms with Crippen LogP contribution in [-0.4, -0.2) is 27.6 Å². The van der Waals surface area contributed by atoms with Crippen LogP contribution in [0, 0.1) is 0 Å². The summed E-state index contributed by atoms with van der Waals surface area (Å²) in [7, 11) is 1.73. The highest BCUT2D eigenvalue weighted by atomic mass is 35.5. The molecule has 0 saturated heterocycles. The predicted molar refractivity (Wildman–Crippen MR) is 110 cm³/mol. The summed E-state index contributed by atoms with van der Waals surface area (Å²) in [6.07, 6.45) is 6.94. The molecule has 1 amide bonds. The predicted octanol–water partition coefficient (Wildman–Crippen LogP) is 4.91. The summed E-state index contributed by atoms with van der Waals surface area (Å²) in [5.41, 5.74) is 2.89. The number of hydrogen-bond acceptors (Lipinski definition) is 2. The van der Waals surface area contributed by atoms with E-state index in [0.717, 1.165) is 11.1 Å². The highest BCUT2D eigenvalue weighted by Crippen LogP contribution is 2.22. The molecule has 27 heavy (non-hydrogen) atoms. The summed E-state index contributed by atoms with van der Waals surface area (Å²) in [4.78, 5) is 13.9. The van der Waals surface area contributed by atoms with Crippen molar-refractivity contribution in [3.63, 3.8) is 0 Å². The number of hydrogen-bond donors (Lipinski definition) is 0. The molecule has 0 saturated carbocycles. The molecule has 0 radical (unpaired) electrons. The van der Waals surface area contributed by atoms with Crippen LogP contribution < -0.4 is 0 Å². The second kappa shape index (κ2) is 8.89. The van der Waals surface area contributed by atoms with Crippen LogP contribution in [0.1, 0.15) is 16.7 Å². The summed E-state index contributed by atoms with van der Waals surface area (Å²) in [5, 5.41) is 5.46. The topological polar surface area (TPSA) is 38.1 Å². The SMILES string of the molecule is CN(Cc1ccc(Cl)cc1Cl)C(=O)/C=C/c1cnn(Cc2ccccc2)c1. The first kappa shape index (κ1) is 19.2. The monoisotopic (exact) mass is 399 g/mol. The maximum Gasteiger partial charge on any atom is 0.246 e. The van der Waals surface area contributed by atoms with Gasteiger partial charge in [0.15, 0.2) is 0 Å². The molecule has 0 bridgehead atoms. The van der Waals surface area contributed by atoms with Crippen LogP contribution in [0.3, 0.4) is 0 Å². The van der Waals surface area contributed by atoms with Crippen molar-refractivity contribution in [3.8, 4) is 0 Å². The minimum Gasteiger partial charge on any atom is -0.338 e. The van der Waals surface area contributed by atoms with Gasteiger partial charge in [-0.3, -0.25) is 9.48 Å². The van der Waals surface area contributed by atoms with Crippen molar-refractivity contribution in [1.29, 1.82) is 0 Å². The maximum atomic E-state index is 12.3. The normalized spacial score (nSPS) is 11.1. The van der Waals surface area contributed by atoms with Crippen LogP contribution in [-0.2, 0) is 17.9 Å². The van der Waals surface area contributed by atoms with Crippen LogP contribution in [0.4, 0.5) is 0 Å². The first-order valence-electron chi connectivity index (χ1n) is 8.45. The summed E-state index contributed by atoms with van der Waals surface area (Å²) >= 11 is 12.1. The van der Waals surface area contributed by atoms with Crippen molar-refractivity contribution >= 4 is 35.2 Å². The molecule has 138 valence electrons. The number of amides is 1. The number of benzene rings is 2. The van der Waals surface area contributed by atoms with Gasteiger partial charge in [-0.05, 0) is 29.3 Å². The number of aromatic nitrogens is 2. The zero-order chi connectivity index (χ0) is 19.2. The van der Waals surface area contributed by atoms with Crippen molar-refractivity contribution in [1.82, 2.24) is 14.7 Å². The Labute approximate surface area is 168 Å². The van der Waals surface area contributed by atoms with E-state index in [1.165, 1.54) is 11.6 Å². The molecule has 0 aliphatic heterocycles. The number of rotatable bonds is 6. The number of carbonyl (C=O) groups is 1. The maximum absolute atomic E-state index is 12.3. The van der Waals surface area contributed by atoms with E-state index in [9.17, 15) is 4.79 Å². The fourth-order valence-electron chi connectivity index (χ4n) is 2.60. The lowest BCUT2D eigenvalue weighted by molar-refractivity contribution is -0.125. The van der Waals surface area contributed by atoms with Gasteiger partial charge in [-0.15, -0.1) is 0 Å². The van der Waals surface area contributed by atoms with Gasteiger partial charge in [0, 0.05) is 41.5 Å². The molecule has 0 atom stereocenters. The van der Waals surface area contributed by atoms with E-state index in [4.69, 9.17) is 23.2 Å². The van der Waals surface area contributed by atoms with Crippen LogP contribution >= 0.6 is 23.2 Å². The highest BCUT2D eigenvalue weighted by Gasteiger charge is 2.09. The van der Waals surface area contributed by atoms with Crippen molar-refractivity contribution in [2.45, 2.75) is 13.1 Å². The molecular weight excluding hydrogens is 381 g/mol. The molecule has 3 aromatic rings. The fourth-order valence-corrected chi connectivity index (χ4v) is 3.07. The fraction of sp³-hybridized carbons (Fsp3) is 0.143. The second-order valence-corrected chi connectivity index (χ2v) is 7.06. The molecule has 6 heteroatoms. The average molecular weight is 400 g/mol. The van der Waals surface area contributed by atoms with Crippen molar-refractivity contribution in [2.75, 3.05) is 7.05 Å². The Kier molecular flexibility index (Phi) is 6.32.